The topological polar surface area (TPSA) is 24.9 Å². The molecule has 0 radical (unpaired) electrons. The van der Waals surface area contributed by atoms with Gasteiger partial charge in [-0.2, -0.15) is 0 Å². The number of hydrogen-bond donors (Lipinski definition) is 0. The van der Waals surface area contributed by atoms with Crippen LogP contribution >= 0.6 is 0 Å². The summed E-state index contributed by atoms with van der Waals surface area (Å²) >= 11 is 0. The Bertz CT molecular complexity index is 3510. The molecule has 0 bridgehead atoms. The Morgan fingerprint density at radius 2 is 0.716 bits per heavy atom. The molecule has 2 heterocycles. The lowest BCUT2D eigenvalue weighted by Gasteiger charge is -2.37. The Kier molecular flexibility index (Phi) is 9.04. The van der Waals surface area contributed by atoms with E-state index < -0.39 is 0 Å². The number of rotatable bonds is 7. The van der Waals surface area contributed by atoms with Gasteiger partial charge in [-0.1, -0.05) is 163 Å². The van der Waals surface area contributed by atoms with E-state index in [9.17, 15) is 0 Å². The van der Waals surface area contributed by atoms with Crippen molar-refractivity contribution in [1.82, 2.24) is 0 Å². The molecule has 2 aliphatic rings. The maximum atomic E-state index is 7.39. The third-order valence-corrected chi connectivity index (χ3v) is 13.7. The number of fused-ring (bicyclic) bond motifs is 9. The number of anilines is 6. The van der Waals surface area contributed by atoms with E-state index in [2.05, 4.69) is 248 Å². The Morgan fingerprint density at radius 3 is 1.21 bits per heavy atom. The molecule has 13 rings (SSSR count). The van der Waals surface area contributed by atoms with Gasteiger partial charge >= 0.3 is 0 Å². The molecule has 316 valence electrons. The standard InChI is InChI=1S/C62H43BN2O2/c1-40-28-32-46(33-29-40)64(44-18-5-3-6-19-44)54-38-58-60(52-25-13-11-23-50(52)54)63-61-53-26-14-12-24-51(53)55(65(45-20-7-4-8-21-45)47-34-30-41(2)31-35-47)39-59(61)67-57-37-43(36-56(66-58)62(57)63)49-27-15-17-42-16-9-10-22-48(42)49/h3-39H,1-2H3. The minimum absolute atomic E-state index is 0.217. The van der Waals surface area contributed by atoms with Crippen molar-refractivity contribution in [3.63, 3.8) is 0 Å². The van der Waals surface area contributed by atoms with E-state index >= 15 is 0 Å². The van der Waals surface area contributed by atoms with Crippen LogP contribution in [0.15, 0.2) is 224 Å². The second-order valence-electron chi connectivity index (χ2n) is 17.8. The normalized spacial score (nSPS) is 12.2. The summed E-state index contributed by atoms with van der Waals surface area (Å²) in [5.74, 6) is 3.24. The van der Waals surface area contributed by atoms with Gasteiger partial charge < -0.3 is 19.3 Å². The minimum atomic E-state index is -0.217. The van der Waals surface area contributed by atoms with Gasteiger partial charge in [-0.15, -0.1) is 0 Å². The highest BCUT2D eigenvalue weighted by Crippen LogP contribution is 2.48. The van der Waals surface area contributed by atoms with Gasteiger partial charge in [0, 0.05) is 51.1 Å². The van der Waals surface area contributed by atoms with Crippen LogP contribution in [0.5, 0.6) is 23.0 Å². The van der Waals surface area contributed by atoms with Crippen molar-refractivity contribution >= 4 is 89.5 Å². The smallest absolute Gasteiger partial charge is 0.262 e. The number of ether oxygens (including phenoxy) is 2. The predicted molar refractivity (Wildman–Crippen MR) is 281 cm³/mol. The van der Waals surface area contributed by atoms with Gasteiger partial charge in [0.25, 0.3) is 6.71 Å². The fourth-order valence-corrected chi connectivity index (χ4v) is 10.6. The van der Waals surface area contributed by atoms with Gasteiger partial charge in [-0.3, -0.25) is 0 Å². The second-order valence-corrected chi connectivity index (χ2v) is 17.8. The first-order valence-corrected chi connectivity index (χ1v) is 23.0. The van der Waals surface area contributed by atoms with Crippen molar-refractivity contribution < 1.29 is 9.47 Å². The average molecular weight is 859 g/mol. The Morgan fingerprint density at radius 1 is 0.328 bits per heavy atom. The summed E-state index contributed by atoms with van der Waals surface area (Å²) < 4.78 is 14.8. The lowest BCUT2D eigenvalue weighted by molar-refractivity contribution is 0.466. The van der Waals surface area contributed by atoms with E-state index in [1.54, 1.807) is 0 Å². The third-order valence-electron chi connectivity index (χ3n) is 13.7. The van der Waals surface area contributed by atoms with Crippen LogP contribution in [-0.2, 0) is 0 Å². The lowest BCUT2D eigenvalue weighted by atomic mass is 9.33. The molecule has 2 aliphatic heterocycles. The van der Waals surface area contributed by atoms with E-state index in [1.807, 2.05) is 0 Å². The molecule has 11 aromatic rings. The van der Waals surface area contributed by atoms with Crippen LogP contribution < -0.4 is 35.7 Å². The Hall–Kier alpha value is -8.54. The molecule has 0 unspecified atom stereocenters. The van der Waals surface area contributed by atoms with Crippen molar-refractivity contribution in [3.8, 4) is 34.1 Å². The number of para-hydroxylation sites is 2. The SMILES string of the molecule is Cc1ccc(N(c2ccccc2)c2cc3c(c4ccccc24)B2c4c(cc(-c5cccc6ccccc56)cc4Oc4cc(N(c5ccccc5)c5ccc(C)cc5)c5ccccc5c42)O3)cc1. The molecule has 0 N–H and O–H groups in total. The van der Waals surface area contributed by atoms with E-state index in [4.69, 9.17) is 9.47 Å². The van der Waals surface area contributed by atoms with E-state index in [1.165, 1.54) is 21.9 Å². The van der Waals surface area contributed by atoms with Crippen LogP contribution in [0.4, 0.5) is 34.1 Å². The summed E-state index contributed by atoms with van der Waals surface area (Å²) in [7, 11) is 0. The zero-order chi connectivity index (χ0) is 44.6. The molecule has 11 aromatic carbocycles. The van der Waals surface area contributed by atoms with Crippen LogP contribution in [0.25, 0.3) is 43.4 Å². The van der Waals surface area contributed by atoms with Crippen molar-refractivity contribution in [3.05, 3.63) is 236 Å². The van der Waals surface area contributed by atoms with Crippen LogP contribution in [0.2, 0.25) is 0 Å². The fourth-order valence-electron chi connectivity index (χ4n) is 10.6. The summed E-state index contributed by atoms with van der Waals surface area (Å²) in [6.45, 7) is 4.06. The lowest BCUT2D eigenvalue weighted by Crippen LogP contribution is -2.58. The van der Waals surface area contributed by atoms with Gasteiger partial charge in [0.2, 0.25) is 0 Å². The molecule has 0 amide bonds. The third kappa shape index (κ3) is 6.38. The van der Waals surface area contributed by atoms with Crippen molar-refractivity contribution in [2.45, 2.75) is 13.8 Å². The Balaban J connectivity index is 1.11. The van der Waals surface area contributed by atoms with Gasteiger partial charge in [0.15, 0.2) is 0 Å². The quantitative estimate of drug-likeness (QED) is 0.149. The highest BCUT2D eigenvalue weighted by atomic mass is 16.5. The first kappa shape index (κ1) is 38.9. The maximum Gasteiger partial charge on any atom is 0.262 e. The molecule has 5 heteroatoms. The summed E-state index contributed by atoms with van der Waals surface area (Å²) in [6, 6.07) is 80.7. The molecule has 0 saturated heterocycles. The molecular formula is C62H43BN2O2. The monoisotopic (exact) mass is 858 g/mol. The van der Waals surface area contributed by atoms with E-state index in [-0.39, 0.29) is 6.71 Å². The number of aryl methyl sites for hydroxylation is 2. The van der Waals surface area contributed by atoms with Crippen molar-refractivity contribution in [1.29, 1.82) is 0 Å². The molecule has 4 nitrogen and oxygen atoms in total. The zero-order valence-electron chi connectivity index (χ0n) is 37.2. The molecular weight excluding hydrogens is 816 g/mol. The Labute approximate surface area is 390 Å². The van der Waals surface area contributed by atoms with E-state index in [0.29, 0.717) is 0 Å². The van der Waals surface area contributed by atoms with Crippen LogP contribution in [0.3, 0.4) is 0 Å². The fraction of sp³-hybridized carbons (Fsp3) is 0.0323. The zero-order valence-corrected chi connectivity index (χ0v) is 37.2. The second kappa shape index (κ2) is 15.6. The summed E-state index contributed by atoms with van der Waals surface area (Å²) in [4.78, 5) is 4.73. The van der Waals surface area contributed by atoms with E-state index in [0.717, 1.165) is 106 Å². The van der Waals surface area contributed by atoms with Crippen molar-refractivity contribution in [2.24, 2.45) is 0 Å². The molecule has 0 spiro atoms. The van der Waals surface area contributed by atoms with Gasteiger partial charge in [-0.05, 0) is 118 Å². The molecule has 0 atom stereocenters. The molecule has 0 saturated carbocycles. The summed E-state index contributed by atoms with van der Waals surface area (Å²) in [5.41, 5.74) is 14.3. The van der Waals surface area contributed by atoms with Gasteiger partial charge in [0.05, 0.1) is 11.4 Å². The summed E-state index contributed by atoms with van der Waals surface area (Å²) in [6.07, 6.45) is 0. The number of hydrogen-bond acceptors (Lipinski definition) is 4. The molecule has 0 aliphatic carbocycles. The maximum absolute atomic E-state index is 7.39. The predicted octanol–water partition coefficient (Wildman–Crippen LogP) is 15.1. The van der Waals surface area contributed by atoms with Crippen LogP contribution in [0.1, 0.15) is 11.1 Å². The van der Waals surface area contributed by atoms with Crippen LogP contribution in [-0.4, -0.2) is 6.71 Å². The summed E-state index contributed by atoms with van der Waals surface area (Å²) in [5, 5.41) is 6.90. The van der Waals surface area contributed by atoms with Crippen molar-refractivity contribution in [2.75, 3.05) is 9.80 Å². The van der Waals surface area contributed by atoms with Gasteiger partial charge in [0.1, 0.15) is 23.0 Å². The highest BCUT2D eigenvalue weighted by molar-refractivity contribution is 7.01. The number of benzene rings is 11. The molecule has 0 aromatic heterocycles. The average Bonchev–Trinajstić information content (AvgIpc) is 3.38. The largest absolute Gasteiger partial charge is 0.458 e. The number of nitrogens with zero attached hydrogens (tertiary/aromatic N) is 2. The molecule has 0 fully saturated rings. The van der Waals surface area contributed by atoms with Gasteiger partial charge in [-0.25, -0.2) is 0 Å². The molecule has 67 heavy (non-hydrogen) atoms. The highest BCUT2D eigenvalue weighted by Gasteiger charge is 2.44. The first-order chi connectivity index (χ1) is 33.1. The first-order valence-electron chi connectivity index (χ1n) is 23.0. The van der Waals surface area contributed by atoms with Crippen LogP contribution in [0, 0.1) is 13.8 Å². The minimum Gasteiger partial charge on any atom is -0.458 e.